The van der Waals surface area contributed by atoms with Gasteiger partial charge in [-0.2, -0.15) is 5.26 Å². The maximum atomic E-state index is 9.65. The first kappa shape index (κ1) is 17.1. The highest BCUT2D eigenvalue weighted by molar-refractivity contribution is 5.65. The lowest BCUT2D eigenvalue weighted by Gasteiger charge is -2.32. The zero-order valence-electron chi connectivity index (χ0n) is 14.4. The number of aliphatic hydroxyl groups excluding tert-OH is 1. The van der Waals surface area contributed by atoms with Crippen LogP contribution >= 0.6 is 0 Å². The van der Waals surface area contributed by atoms with Crippen molar-refractivity contribution in [2.24, 2.45) is 0 Å². The lowest BCUT2D eigenvalue weighted by Crippen LogP contribution is -2.36. The average molecular weight is 337 g/mol. The normalized spacial score (nSPS) is 14.8. The van der Waals surface area contributed by atoms with Crippen LogP contribution in [0.5, 0.6) is 5.75 Å². The number of para-hydroxylation sites is 1. The molecule has 0 bridgehead atoms. The Labute approximate surface area is 148 Å². The monoisotopic (exact) mass is 337 g/mol. The van der Waals surface area contributed by atoms with E-state index in [-0.39, 0.29) is 6.10 Å². The van der Waals surface area contributed by atoms with Gasteiger partial charge in [0.1, 0.15) is 11.8 Å². The number of methoxy groups -OCH3 is 1. The molecule has 1 heterocycles. The second-order valence-electron chi connectivity index (χ2n) is 6.23. The fourth-order valence-corrected chi connectivity index (χ4v) is 3.16. The van der Waals surface area contributed by atoms with Crippen LogP contribution in [0.1, 0.15) is 24.0 Å². The number of hydrogen-bond donors (Lipinski definition) is 2. The predicted molar refractivity (Wildman–Crippen MR) is 98.9 cm³/mol. The second kappa shape index (κ2) is 7.91. The molecule has 2 aromatic rings. The topological polar surface area (TPSA) is 68.5 Å². The highest BCUT2D eigenvalue weighted by Crippen LogP contribution is 2.27. The minimum atomic E-state index is -0.219. The van der Waals surface area contributed by atoms with Gasteiger partial charge in [-0.1, -0.05) is 18.2 Å². The fourth-order valence-electron chi connectivity index (χ4n) is 3.16. The molecule has 2 N–H and O–H groups in total. The molecule has 1 fully saturated rings. The molecule has 5 nitrogen and oxygen atoms in total. The number of hydrogen-bond acceptors (Lipinski definition) is 5. The molecule has 0 spiro atoms. The number of nitriles is 1. The van der Waals surface area contributed by atoms with Crippen LogP contribution in [0.4, 0.5) is 11.4 Å². The SMILES string of the molecule is COc1ccccc1CNc1ccc(N2CCC(O)CC2)c(C#N)c1. The van der Waals surface area contributed by atoms with E-state index in [1.54, 1.807) is 7.11 Å². The van der Waals surface area contributed by atoms with Crippen molar-refractivity contribution in [2.75, 3.05) is 30.4 Å². The zero-order chi connectivity index (χ0) is 17.6. The van der Waals surface area contributed by atoms with Gasteiger partial charge in [0.2, 0.25) is 0 Å². The summed E-state index contributed by atoms with van der Waals surface area (Å²) in [5.74, 6) is 0.846. The minimum Gasteiger partial charge on any atom is -0.496 e. The number of benzene rings is 2. The Balaban J connectivity index is 1.72. The maximum absolute atomic E-state index is 9.65. The van der Waals surface area contributed by atoms with Crippen molar-refractivity contribution < 1.29 is 9.84 Å². The van der Waals surface area contributed by atoms with Gasteiger partial charge in [-0.05, 0) is 37.1 Å². The lowest BCUT2D eigenvalue weighted by molar-refractivity contribution is 0.145. The molecule has 1 aliphatic heterocycles. The van der Waals surface area contributed by atoms with Gasteiger partial charge >= 0.3 is 0 Å². The van der Waals surface area contributed by atoms with E-state index in [0.717, 1.165) is 48.6 Å². The van der Waals surface area contributed by atoms with Crippen molar-refractivity contribution in [3.8, 4) is 11.8 Å². The maximum Gasteiger partial charge on any atom is 0.123 e. The number of piperidine rings is 1. The fraction of sp³-hybridized carbons (Fsp3) is 0.350. The first-order valence-corrected chi connectivity index (χ1v) is 8.54. The molecule has 0 atom stereocenters. The van der Waals surface area contributed by atoms with Gasteiger partial charge in [0.05, 0.1) is 24.5 Å². The molecule has 0 radical (unpaired) electrons. The van der Waals surface area contributed by atoms with Gasteiger partial charge in [0, 0.05) is 30.9 Å². The highest BCUT2D eigenvalue weighted by atomic mass is 16.5. The number of aliphatic hydroxyl groups is 1. The smallest absolute Gasteiger partial charge is 0.123 e. The van der Waals surface area contributed by atoms with Gasteiger partial charge in [0.15, 0.2) is 0 Å². The third-order valence-corrected chi connectivity index (χ3v) is 4.60. The van der Waals surface area contributed by atoms with E-state index in [0.29, 0.717) is 12.1 Å². The van der Waals surface area contributed by atoms with Gasteiger partial charge in [-0.15, -0.1) is 0 Å². The quantitative estimate of drug-likeness (QED) is 0.877. The van der Waals surface area contributed by atoms with Crippen molar-refractivity contribution in [3.63, 3.8) is 0 Å². The van der Waals surface area contributed by atoms with E-state index in [2.05, 4.69) is 16.3 Å². The molecule has 0 aliphatic carbocycles. The van der Waals surface area contributed by atoms with E-state index in [4.69, 9.17) is 4.74 Å². The molecule has 1 aliphatic rings. The number of ether oxygens (including phenoxy) is 1. The number of rotatable bonds is 5. The summed E-state index contributed by atoms with van der Waals surface area (Å²) in [6.45, 7) is 2.19. The van der Waals surface area contributed by atoms with Crippen molar-refractivity contribution in [1.29, 1.82) is 5.26 Å². The van der Waals surface area contributed by atoms with E-state index in [9.17, 15) is 10.4 Å². The van der Waals surface area contributed by atoms with Gasteiger partial charge in [0.25, 0.3) is 0 Å². The van der Waals surface area contributed by atoms with Gasteiger partial charge in [-0.25, -0.2) is 0 Å². The number of anilines is 2. The minimum absolute atomic E-state index is 0.219. The van der Waals surface area contributed by atoms with Crippen LogP contribution in [0.3, 0.4) is 0 Å². The Morgan fingerprint density at radius 3 is 2.72 bits per heavy atom. The third kappa shape index (κ3) is 4.04. The van der Waals surface area contributed by atoms with Crippen LogP contribution in [0.2, 0.25) is 0 Å². The summed E-state index contributed by atoms with van der Waals surface area (Å²) in [4.78, 5) is 2.18. The molecule has 0 amide bonds. The van der Waals surface area contributed by atoms with Crippen molar-refractivity contribution in [2.45, 2.75) is 25.5 Å². The molecule has 0 unspecified atom stereocenters. The van der Waals surface area contributed by atoms with Crippen LogP contribution in [-0.4, -0.2) is 31.4 Å². The van der Waals surface area contributed by atoms with Crippen LogP contribution in [-0.2, 0) is 6.54 Å². The first-order chi connectivity index (χ1) is 12.2. The molecule has 0 aromatic heterocycles. The van der Waals surface area contributed by atoms with Crippen LogP contribution < -0.4 is 15.0 Å². The van der Waals surface area contributed by atoms with Crippen molar-refractivity contribution in [1.82, 2.24) is 0 Å². The molecular formula is C20H23N3O2. The van der Waals surface area contributed by atoms with Crippen molar-refractivity contribution in [3.05, 3.63) is 53.6 Å². The molecule has 130 valence electrons. The highest BCUT2D eigenvalue weighted by Gasteiger charge is 2.19. The molecule has 0 saturated carbocycles. The van der Waals surface area contributed by atoms with Crippen LogP contribution in [0.15, 0.2) is 42.5 Å². The van der Waals surface area contributed by atoms with Crippen LogP contribution in [0.25, 0.3) is 0 Å². The first-order valence-electron chi connectivity index (χ1n) is 8.54. The van der Waals surface area contributed by atoms with E-state index in [1.807, 2.05) is 42.5 Å². The molecule has 3 rings (SSSR count). The van der Waals surface area contributed by atoms with E-state index in [1.165, 1.54) is 0 Å². The van der Waals surface area contributed by atoms with Gasteiger partial charge < -0.3 is 20.1 Å². The lowest BCUT2D eigenvalue weighted by atomic mass is 10.0. The van der Waals surface area contributed by atoms with Crippen molar-refractivity contribution >= 4 is 11.4 Å². The summed E-state index contributed by atoms with van der Waals surface area (Å²) in [5, 5.41) is 22.5. The molecule has 1 saturated heterocycles. The Bertz CT molecular complexity index is 762. The summed E-state index contributed by atoms with van der Waals surface area (Å²) < 4.78 is 5.37. The van der Waals surface area contributed by atoms with Gasteiger partial charge in [-0.3, -0.25) is 0 Å². The Hall–Kier alpha value is -2.71. The number of nitrogens with zero attached hydrogens (tertiary/aromatic N) is 2. The molecule has 2 aromatic carbocycles. The molecular weight excluding hydrogens is 314 g/mol. The largest absolute Gasteiger partial charge is 0.496 e. The Morgan fingerprint density at radius 1 is 1.24 bits per heavy atom. The molecule has 5 heteroatoms. The average Bonchev–Trinajstić information content (AvgIpc) is 2.67. The summed E-state index contributed by atoms with van der Waals surface area (Å²) in [6.07, 6.45) is 1.28. The summed E-state index contributed by atoms with van der Waals surface area (Å²) >= 11 is 0. The third-order valence-electron chi connectivity index (χ3n) is 4.60. The standard InChI is InChI=1S/C20H23N3O2/c1-25-20-5-3-2-4-15(20)14-22-17-6-7-19(16(12-17)13-21)23-10-8-18(24)9-11-23/h2-7,12,18,22,24H,8-11,14H2,1H3. The zero-order valence-corrected chi connectivity index (χ0v) is 14.4. The Kier molecular flexibility index (Phi) is 5.42. The summed E-state index contributed by atoms with van der Waals surface area (Å²) in [6, 6.07) is 16.0. The second-order valence-corrected chi connectivity index (χ2v) is 6.23. The summed E-state index contributed by atoms with van der Waals surface area (Å²) in [7, 11) is 1.66. The van der Waals surface area contributed by atoms with Crippen LogP contribution in [0, 0.1) is 11.3 Å². The predicted octanol–water partition coefficient (Wildman–Crippen LogP) is 3.14. The van der Waals surface area contributed by atoms with E-state index >= 15 is 0 Å². The van der Waals surface area contributed by atoms with E-state index < -0.39 is 0 Å². The Morgan fingerprint density at radius 2 is 2.00 bits per heavy atom. The number of nitrogens with one attached hydrogen (secondary N) is 1. The summed E-state index contributed by atoms with van der Waals surface area (Å²) in [5.41, 5.74) is 3.57. The molecule has 25 heavy (non-hydrogen) atoms.